The Hall–Kier alpha value is -4.87. The molecule has 0 bridgehead atoms. The quantitative estimate of drug-likeness (QED) is 0.181. The average Bonchev–Trinajstić information content (AvgIpc) is 3.56. The first-order chi connectivity index (χ1) is 20.4. The maximum Gasteiger partial charge on any atom is 0.333 e. The molecule has 3 nitrogen and oxygen atoms in total. The molecule has 11 rings (SSSR count). The fourth-order valence-corrected chi connectivity index (χ4v) is 8.93. The minimum Gasteiger partial charge on any atom is -0.454 e. The zero-order valence-electron chi connectivity index (χ0n) is 21.8. The van der Waals surface area contributed by atoms with Crippen molar-refractivity contribution in [2.24, 2.45) is 0 Å². The van der Waals surface area contributed by atoms with Crippen molar-refractivity contribution in [3.8, 4) is 11.1 Å². The van der Waals surface area contributed by atoms with E-state index in [0.717, 1.165) is 11.2 Å². The molecule has 0 saturated heterocycles. The summed E-state index contributed by atoms with van der Waals surface area (Å²) in [6, 6.07) is 42.3. The van der Waals surface area contributed by atoms with Gasteiger partial charge in [-0.1, -0.05) is 84.6 Å². The number of hydrogen-bond acceptors (Lipinski definition) is 3. The lowest BCUT2D eigenvalue weighted by molar-refractivity contribution is 0.673. The molecule has 0 atom stereocenters. The van der Waals surface area contributed by atoms with Crippen LogP contribution in [0.2, 0.25) is 0 Å². The first-order valence-electron chi connectivity index (χ1n) is 14.1. The van der Waals surface area contributed by atoms with E-state index in [4.69, 9.17) is 4.42 Å². The van der Waals surface area contributed by atoms with Gasteiger partial charge in [0.1, 0.15) is 5.58 Å². The fourth-order valence-electron chi connectivity index (χ4n) is 7.83. The SMILES string of the molecule is c1ccc2c(c1)Sc1cccc3c1N2c1cc2ccccc2c2c1B3n1c3c-2cccc3c2oc3ccccc3c21. The van der Waals surface area contributed by atoms with Crippen LogP contribution in [0, 0.1) is 0 Å². The molecule has 0 fully saturated rings. The van der Waals surface area contributed by atoms with Crippen molar-refractivity contribution in [2.75, 3.05) is 4.90 Å². The van der Waals surface area contributed by atoms with Crippen LogP contribution in [0.5, 0.6) is 0 Å². The molecule has 0 aliphatic carbocycles. The van der Waals surface area contributed by atoms with E-state index in [-0.39, 0.29) is 6.85 Å². The molecule has 0 unspecified atom stereocenters. The third-order valence-corrected chi connectivity index (χ3v) is 10.4. The highest BCUT2D eigenvalue weighted by Gasteiger charge is 2.46. The van der Waals surface area contributed by atoms with E-state index in [1.54, 1.807) is 0 Å². The highest BCUT2D eigenvalue weighted by Crippen LogP contribution is 2.54. The van der Waals surface area contributed by atoms with E-state index in [0.29, 0.717) is 0 Å². The summed E-state index contributed by atoms with van der Waals surface area (Å²) in [6.07, 6.45) is 0. The van der Waals surface area contributed by atoms with Crippen LogP contribution in [0.15, 0.2) is 129 Å². The van der Waals surface area contributed by atoms with Crippen molar-refractivity contribution in [3.63, 3.8) is 0 Å². The maximum absolute atomic E-state index is 6.63. The highest BCUT2D eigenvalue weighted by molar-refractivity contribution is 7.99. The Bertz CT molecular complexity index is 2490. The van der Waals surface area contributed by atoms with Gasteiger partial charge in [0.05, 0.1) is 16.9 Å². The molecule has 6 aromatic carbocycles. The second-order valence-electron chi connectivity index (χ2n) is 11.3. The molecular weight excluding hydrogens is 519 g/mol. The van der Waals surface area contributed by atoms with Gasteiger partial charge in [-0.3, -0.25) is 0 Å². The molecule has 5 heteroatoms. The van der Waals surface area contributed by atoms with E-state index in [1.807, 2.05) is 11.8 Å². The molecule has 5 heterocycles. The van der Waals surface area contributed by atoms with Gasteiger partial charge in [0.25, 0.3) is 0 Å². The molecule has 0 radical (unpaired) electrons. The maximum atomic E-state index is 6.63. The van der Waals surface area contributed by atoms with Gasteiger partial charge in [0.15, 0.2) is 5.58 Å². The molecule has 188 valence electrons. The van der Waals surface area contributed by atoms with Crippen LogP contribution in [-0.4, -0.2) is 11.3 Å². The molecule has 8 aromatic rings. The normalized spacial score (nSPS) is 14.1. The summed E-state index contributed by atoms with van der Waals surface area (Å²) in [5, 5.41) is 4.92. The van der Waals surface area contributed by atoms with Gasteiger partial charge in [0, 0.05) is 37.3 Å². The standard InChI is InChI=1S/C36H19BN2OS/c1-2-10-21-20(9-1)19-27-32-31(21)23-12-7-13-24-33(23)39(34-22-11-3-5-16-28(22)40-36(24)34)37(32)25-14-8-18-30-35(25)38(27)26-15-4-6-17-29(26)41-30/h1-19H. The Labute approximate surface area is 239 Å². The van der Waals surface area contributed by atoms with E-state index in [1.165, 1.54) is 81.5 Å². The predicted octanol–water partition coefficient (Wildman–Crippen LogP) is 8.58. The van der Waals surface area contributed by atoms with Gasteiger partial charge in [0.2, 0.25) is 0 Å². The van der Waals surface area contributed by atoms with Crippen LogP contribution in [0.25, 0.3) is 54.9 Å². The lowest BCUT2D eigenvalue weighted by atomic mass is 9.44. The summed E-state index contributed by atoms with van der Waals surface area (Å²) < 4.78 is 9.24. The smallest absolute Gasteiger partial charge is 0.333 e. The molecule has 0 saturated carbocycles. The molecule has 41 heavy (non-hydrogen) atoms. The minimum absolute atomic E-state index is 0.0255. The van der Waals surface area contributed by atoms with Crippen LogP contribution in [0.4, 0.5) is 17.1 Å². The molecule has 0 spiro atoms. The zero-order valence-corrected chi connectivity index (χ0v) is 22.6. The number of fused-ring (bicyclic) bond motifs is 13. The molecule has 3 aliphatic rings. The van der Waals surface area contributed by atoms with Crippen molar-refractivity contribution >= 4 is 90.3 Å². The Morgan fingerprint density at radius 2 is 1.41 bits per heavy atom. The summed E-state index contributed by atoms with van der Waals surface area (Å²) in [7, 11) is 0. The summed E-state index contributed by atoms with van der Waals surface area (Å²) in [4.78, 5) is 5.13. The monoisotopic (exact) mass is 538 g/mol. The highest BCUT2D eigenvalue weighted by atomic mass is 32.2. The van der Waals surface area contributed by atoms with Gasteiger partial charge in [-0.15, -0.1) is 0 Å². The molecule has 0 amide bonds. The van der Waals surface area contributed by atoms with Gasteiger partial charge in [-0.25, -0.2) is 0 Å². The van der Waals surface area contributed by atoms with Crippen molar-refractivity contribution in [1.82, 2.24) is 4.48 Å². The van der Waals surface area contributed by atoms with Gasteiger partial charge < -0.3 is 13.8 Å². The summed E-state index contributed by atoms with van der Waals surface area (Å²) in [6.45, 7) is 0.0255. The van der Waals surface area contributed by atoms with E-state index in [2.05, 4.69) is 125 Å². The number of anilines is 3. The third-order valence-electron chi connectivity index (χ3n) is 9.32. The Morgan fingerprint density at radius 3 is 2.39 bits per heavy atom. The largest absolute Gasteiger partial charge is 0.454 e. The number of benzene rings is 6. The number of aromatic nitrogens is 1. The Morgan fingerprint density at radius 1 is 0.634 bits per heavy atom. The fraction of sp³-hybridized carbons (Fsp3) is 0. The second-order valence-corrected chi connectivity index (χ2v) is 12.3. The van der Waals surface area contributed by atoms with Crippen LogP contribution in [-0.2, 0) is 0 Å². The van der Waals surface area contributed by atoms with Crippen molar-refractivity contribution in [2.45, 2.75) is 9.79 Å². The van der Waals surface area contributed by atoms with Crippen molar-refractivity contribution < 1.29 is 4.42 Å². The van der Waals surface area contributed by atoms with E-state index < -0.39 is 0 Å². The third kappa shape index (κ3) is 2.35. The first kappa shape index (κ1) is 21.0. The molecular formula is C36H19BN2OS. The van der Waals surface area contributed by atoms with Crippen LogP contribution in [0.1, 0.15) is 0 Å². The van der Waals surface area contributed by atoms with Crippen LogP contribution in [0.3, 0.4) is 0 Å². The zero-order chi connectivity index (χ0) is 26.4. The van der Waals surface area contributed by atoms with Gasteiger partial charge in [-0.2, -0.15) is 0 Å². The Kier molecular flexibility index (Phi) is 3.61. The molecule has 3 aliphatic heterocycles. The summed E-state index contributed by atoms with van der Waals surface area (Å²) >= 11 is 1.88. The summed E-state index contributed by atoms with van der Waals surface area (Å²) in [5.41, 5.74) is 13.5. The van der Waals surface area contributed by atoms with Gasteiger partial charge in [-0.05, 0) is 69.7 Å². The van der Waals surface area contributed by atoms with Crippen molar-refractivity contribution in [1.29, 1.82) is 0 Å². The Balaban J connectivity index is 1.42. The van der Waals surface area contributed by atoms with E-state index in [9.17, 15) is 0 Å². The number of hydrogen-bond donors (Lipinski definition) is 0. The van der Waals surface area contributed by atoms with Gasteiger partial charge >= 0.3 is 6.85 Å². The summed E-state index contributed by atoms with van der Waals surface area (Å²) in [5.74, 6) is 0. The molecule has 2 aromatic heterocycles. The first-order valence-corrected chi connectivity index (χ1v) is 14.9. The van der Waals surface area contributed by atoms with Crippen molar-refractivity contribution in [3.05, 3.63) is 115 Å². The lowest BCUT2D eigenvalue weighted by Crippen LogP contribution is -2.57. The predicted molar refractivity (Wildman–Crippen MR) is 171 cm³/mol. The van der Waals surface area contributed by atoms with E-state index >= 15 is 0 Å². The molecule has 0 N–H and O–H groups in total. The number of furan rings is 1. The average molecular weight is 538 g/mol. The number of para-hydroxylation sites is 4. The topological polar surface area (TPSA) is 21.3 Å². The second kappa shape index (κ2) is 7.06. The van der Waals surface area contributed by atoms with Crippen LogP contribution >= 0.6 is 11.8 Å². The number of nitrogens with zero attached hydrogens (tertiary/aromatic N) is 2. The van der Waals surface area contributed by atoms with Crippen LogP contribution < -0.4 is 15.8 Å². The minimum atomic E-state index is 0.0255. The lowest BCUT2D eigenvalue weighted by Gasteiger charge is -2.43. The number of rotatable bonds is 0.